The fraction of sp³-hybridized carbons (Fsp3) is 0.812. The van der Waals surface area contributed by atoms with Crippen molar-refractivity contribution in [2.45, 2.75) is 0 Å². The molecular formula is C32H60N2O13. The molecule has 0 aromatic heterocycles. The zero-order chi connectivity index (χ0) is 33.6. The lowest BCUT2D eigenvalue weighted by Gasteiger charge is -2.09. The van der Waals surface area contributed by atoms with Crippen LogP contribution in [0, 0.1) is 0 Å². The van der Waals surface area contributed by atoms with Crippen LogP contribution in [0.15, 0.2) is 24.3 Å². The number of benzene rings is 1. The third kappa shape index (κ3) is 34.0. The van der Waals surface area contributed by atoms with Gasteiger partial charge in [0.1, 0.15) is 12.4 Å². The third-order valence-electron chi connectivity index (χ3n) is 5.73. The van der Waals surface area contributed by atoms with Crippen molar-refractivity contribution >= 4 is 5.69 Å². The van der Waals surface area contributed by atoms with E-state index in [1.807, 2.05) is 12.1 Å². The molecule has 0 saturated carbocycles. The molecule has 1 aromatic rings. The Bertz CT molecular complexity index is 737. The molecule has 0 spiro atoms. The largest absolute Gasteiger partial charge is 0.491 e. The average Bonchev–Trinajstić information content (AvgIpc) is 3.08. The van der Waals surface area contributed by atoms with Gasteiger partial charge in [-0.2, -0.15) is 0 Å². The smallest absolute Gasteiger partial charge is 0.119 e. The summed E-state index contributed by atoms with van der Waals surface area (Å²) >= 11 is 0. The highest BCUT2D eigenvalue weighted by atomic mass is 16.6. The highest BCUT2D eigenvalue weighted by Crippen LogP contribution is 2.12. The van der Waals surface area contributed by atoms with E-state index in [9.17, 15) is 0 Å². The summed E-state index contributed by atoms with van der Waals surface area (Å²) in [5, 5.41) is 0. The van der Waals surface area contributed by atoms with Gasteiger partial charge in [0.25, 0.3) is 0 Å². The van der Waals surface area contributed by atoms with Crippen LogP contribution < -0.4 is 16.2 Å². The average molecular weight is 681 g/mol. The molecule has 4 N–H and O–H groups in total. The molecule has 0 saturated heterocycles. The molecule has 0 aliphatic carbocycles. The molecule has 276 valence electrons. The Hall–Kier alpha value is -1.70. The maximum absolute atomic E-state index is 5.64. The second-order valence-electron chi connectivity index (χ2n) is 9.55. The number of anilines is 1. The number of hydrogen-bond donors (Lipinski definition) is 2. The van der Waals surface area contributed by atoms with E-state index in [2.05, 4.69) is 0 Å². The van der Waals surface area contributed by atoms with Crippen LogP contribution in [0.25, 0.3) is 0 Å². The lowest BCUT2D eigenvalue weighted by molar-refractivity contribution is -0.0284. The number of ether oxygens (including phenoxy) is 13. The Morgan fingerprint density at radius 1 is 0.298 bits per heavy atom. The van der Waals surface area contributed by atoms with Gasteiger partial charge < -0.3 is 73.0 Å². The first kappa shape index (κ1) is 43.3. The maximum atomic E-state index is 5.64. The topological polar surface area (TPSA) is 172 Å². The lowest BCUT2D eigenvalue weighted by atomic mass is 10.3. The number of nitrogen functional groups attached to an aromatic ring is 1. The monoisotopic (exact) mass is 680 g/mol. The predicted octanol–water partition coefficient (Wildman–Crippen LogP) is 0.806. The van der Waals surface area contributed by atoms with Crippen molar-refractivity contribution in [2.24, 2.45) is 5.73 Å². The molecular weight excluding hydrogens is 620 g/mol. The van der Waals surface area contributed by atoms with Gasteiger partial charge in [-0.1, -0.05) is 0 Å². The molecule has 0 bridgehead atoms. The van der Waals surface area contributed by atoms with E-state index < -0.39 is 0 Å². The Labute approximate surface area is 280 Å². The second-order valence-corrected chi connectivity index (χ2v) is 9.55. The van der Waals surface area contributed by atoms with Crippen molar-refractivity contribution in [2.75, 3.05) is 177 Å². The molecule has 15 nitrogen and oxygen atoms in total. The van der Waals surface area contributed by atoms with Gasteiger partial charge in [0, 0.05) is 12.2 Å². The molecule has 1 aromatic carbocycles. The Kier molecular flexibility index (Phi) is 34.2. The standard InChI is InChI=1S/C32H60N2O13/c33-5-6-35-7-8-36-9-10-37-11-12-38-13-14-39-15-16-40-17-18-41-19-20-42-21-22-43-23-24-44-25-26-45-27-28-46-29-30-47-32-3-1-31(34)2-4-32/h1-4H,5-30,33-34H2. The van der Waals surface area contributed by atoms with Crippen LogP contribution >= 0.6 is 0 Å². The van der Waals surface area contributed by atoms with Crippen molar-refractivity contribution in [3.05, 3.63) is 24.3 Å². The predicted molar refractivity (Wildman–Crippen MR) is 175 cm³/mol. The van der Waals surface area contributed by atoms with E-state index in [0.29, 0.717) is 177 Å². The minimum Gasteiger partial charge on any atom is -0.491 e. The molecule has 0 atom stereocenters. The highest BCUT2D eigenvalue weighted by Gasteiger charge is 1.97. The molecule has 0 fully saturated rings. The SMILES string of the molecule is NCCOCCOCCOCCOCCOCCOCCOCCOCCOCCOCCOCCOCCOc1ccc(N)cc1. The summed E-state index contributed by atoms with van der Waals surface area (Å²) in [6.45, 7) is 13.3. The first-order chi connectivity index (χ1) is 23.3. The van der Waals surface area contributed by atoms with Crippen LogP contribution in [0.4, 0.5) is 5.69 Å². The lowest BCUT2D eigenvalue weighted by Crippen LogP contribution is -2.16. The molecule has 0 unspecified atom stereocenters. The summed E-state index contributed by atoms with van der Waals surface area (Å²) in [5.74, 6) is 0.771. The molecule has 0 amide bonds. The molecule has 47 heavy (non-hydrogen) atoms. The zero-order valence-corrected chi connectivity index (χ0v) is 28.2. The van der Waals surface area contributed by atoms with E-state index >= 15 is 0 Å². The number of nitrogens with two attached hydrogens (primary N) is 2. The molecule has 0 aliphatic heterocycles. The van der Waals surface area contributed by atoms with Gasteiger partial charge in [0.15, 0.2) is 0 Å². The van der Waals surface area contributed by atoms with Crippen LogP contribution in [-0.4, -0.2) is 172 Å². The fourth-order valence-electron chi connectivity index (χ4n) is 3.39. The quantitative estimate of drug-likeness (QED) is 0.0739. The molecule has 15 heteroatoms. The van der Waals surface area contributed by atoms with Gasteiger partial charge in [0.2, 0.25) is 0 Å². The summed E-state index contributed by atoms with van der Waals surface area (Å²) < 4.78 is 70.8. The Morgan fingerprint density at radius 3 is 0.745 bits per heavy atom. The molecule has 0 heterocycles. The molecule has 1 rings (SSSR count). The highest BCUT2D eigenvalue weighted by molar-refractivity contribution is 5.41. The molecule has 0 aliphatic rings. The first-order valence-electron chi connectivity index (χ1n) is 16.4. The van der Waals surface area contributed by atoms with Gasteiger partial charge in [0.05, 0.1) is 159 Å². The van der Waals surface area contributed by atoms with Gasteiger partial charge in [-0.05, 0) is 24.3 Å². The summed E-state index contributed by atoms with van der Waals surface area (Å²) in [5.41, 5.74) is 11.7. The van der Waals surface area contributed by atoms with E-state index in [0.717, 1.165) is 5.75 Å². The molecule has 0 radical (unpaired) electrons. The Balaban J connectivity index is 1.62. The summed E-state index contributed by atoms with van der Waals surface area (Å²) in [6, 6.07) is 7.26. The van der Waals surface area contributed by atoms with Gasteiger partial charge in [-0.3, -0.25) is 0 Å². The van der Waals surface area contributed by atoms with E-state index in [1.165, 1.54) is 0 Å². The van der Waals surface area contributed by atoms with Crippen LogP contribution in [0.3, 0.4) is 0 Å². The summed E-state index contributed by atoms with van der Waals surface area (Å²) in [7, 11) is 0. The van der Waals surface area contributed by atoms with Crippen molar-refractivity contribution in [1.29, 1.82) is 0 Å². The van der Waals surface area contributed by atoms with Crippen molar-refractivity contribution in [1.82, 2.24) is 0 Å². The summed E-state index contributed by atoms with van der Waals surface area (Å²) in [4.78, 5) is 0. The third-order valence-corrected chi connectivity index (χ3v) is 5.73. The van der Waals surface area contributed by atoms with Crippen molar-refractivity contribution in [3.63, 3.8) is 0 Å². The summed E-state index contributed by atoms with van der Waals surface area (Å²) in [6.07, 6.45) is 0. The minimum absolute atomic E-state index is 0.474. The fourth-order valence-corrected chi connectivity index (χ4v) is 3.39. The zero-order valence-electron chi connectivity index (χ0n) is 28.2. The van der Waals surface area contributed by atoms with E-state index in [-0.39, 0.29) is 0 Å². The maximum Gasteiger partial charge on any atom is 0.119 e. The van der Waals surface area contributed by atoms with Crippen LogP contribution in [0.2, 0.25) is 0 Å². The van der Waals surface area contributed by atoms with Crippen LogP contribution in [0.5, 0.6) is 5.75 Å². The normalized spacial score (nSPS) is 11.4. The minimum atomic E-state index is 0.474. The van der Waals surface area contributed by atoms with E-state index in [1.54, 1.807) is 12.1 Å². The van der Waals surface area contributed by atoms with Gasteiger partial charge in [-0.15, -0.1) is 0 Å². The second kappa shape index (κ2) is 37.1. The van der Waals surface area contributed by atoms with Crippen molar-refractivity contribution < 1.29 is 61.6 Å². The first-order valence-corrected chi connectivity index (χ1v) is 16.4. The van der Waals surface area contributed by atoms with Crippen molar-refractivity contribution in [3.8, 4) is 5.75 Å². The van der Waals surface area contributed by atoms with Crippen LogP contribution in [-0.2, 0) is 56.8 Å². The van der Waals surface area contributed by atoms with Gasteiger partial charge in [-0.25, -0.2) is 0 Å². The van der Waals surface area contributed by atoms with Crippen LogP contribution in [0.1, 0.15) is 0 Å². The van der Waals surface area contributed by atoms with E-state index in [4.69, 9.17) is 73.0 Å². The number of hydrogen-bond acceptors (Lipinski definition) is 15. The van der Waals surface area contributed by atoms with Gasteiger partial charge >= 0.3 is 0 Å². The number of rotatable bonds is 39. The Morgan fingerprint density at radius 2 is 0.511 bits per heavy atom.